The third kappa shape index (κ3) is 3.40. The summed E-state index contributed by atoms with van der Waals surface area (Å²) in [6.45, 7) is 7.95. The molecule has 1 saturated carbocycles. The van der Waals surface area contributed by atoms with Gasteiger partial charge in [-0.1, -0.05) is 32.9 Å². The number of nitrogens with zero attached hydrogens (tertiary/aromatic N) is 1. The Morgan fingerprint density at radius 1 is 1.23 bits per heavy atom. The van der Waals surface area contributed by atoms with Crippen LogP contribution < -0.4 is 5.73 Å². The Morgan fingerprint density at radius 3 is 2.50 bits per heavy atom. The van der Waals surface area contributed by atoms with E-state index < -0.39 is 0 Å². The molecule has 1 amide bonds. The van der Waals surface area contributed by atoms with Crippen LogP contribution in [0.5, 0.6) is 0 Å². The summed E-state index contributed by atoms with van der Waals surface area (Å²) in [6.07, 6.45) is 4.02. The standard InChI is InChI=1S/C18H26N2O.ClH/c1-17(2)9-15-10-18(3,11-17)12-20(15)16(21)8-13-4-6-14(19)7-5-13;/h4-7,15H,8-12,19H2,1-3H3;1H. The number of anilines is 1. The van der Waals surface area contributed by atoms with Crippen LogP contribution in [0.2, 0.25) is 0 Å². The number of amides is 1. The third-order valence-corrected chi connectivity index (χ3v) is 5.07. The van der Waals surface area contributed by atoms with Crippen molar-refractivity contribution in [2.45, 2.75) is 52.5 Å². The van der Waals surface area contributed by atoms with Crippen LogP contribution in [0.1, 0.15) is 45.6 Å². The first-order valence-corrected chi connectivity index (χ1v) is 7.90. The third-order valence-electron chi connectivity index (χ3n) is 5.07. The Hall–Kier alpha value is -1.22. The average Bonchev–Trinajstić information content (AvgIpc) is 2.61. The molecule has 1 heterocycles. The summed E-state index contributed by atoms with van der Waals surface area (Å²) in [7, 11) is 0. The molecule has 1 aliphatic carbocycles. The van der Waals surface area contributed by atoms with E-state index in [1.807, 2.05) is 24.3 Å². The van der Waals surface area contributed by atoms with Crippen LogP contribution in [0.3, 0.4) is 0 Å². The Kier molecular flexibility index (Phi) is 4.49. The Balaban J connectivity index is 0.00000176. The normalized spacial score (nSPS) is 29.0. The zero-order valence-corrected chi connectivity index (χ0v) is 14.6. The van der Waals surface area contributed by atoms with Crippen molar-refractivity contribution in [2.75, 3.05) is 12.3 Å². The summed E-state index contributed by atoms with van der Waals surface area (Å²) in [6, 6.07) is 8.09. The van der Waals surface area contributed by atoms with Crippen LogP contribution in [-0.4, -0.2) is 23.4 Å². The van der Waals surface area contributed by atoms with E-state index in [-0.39, 0.29) is 18.3 Å². The molecule has 122 valence electrons. The molecule has 3 rings (SSSR count). The van der Waals surface area contributed by atoms with Crippen molar-refractivity contribution in [3.63, 3.8) is 0 Å². The number of halogens is 1. The van der Waals surface area contributed by atoms with E-state index in [2.05, 4.69) is 25.7 Å². The molecule has 0 spiro atoms. The molecular formula is C18H27ClN2O. The predicted molar refractivity (Wildman–Crippen MR) is 93.0 cm³/mol. The van der Waals surface area contributed by atoms with Crippen LogP contribution in [-0.2, 0) is 11.2 Å². The van der Waals surface area contributed by atoms with E-state index in [1.165, 1.54) is 12.8 Å². The second-order valence-corrected chi connectivity index (χ2v) is 8.15. The number of benzene rings is 1. The van der Waals surface area contributed by atoms with Crippen molar-refractivity contribution >= 4 is 24.0 Å². The highest BCUT2D eigenvalue weighted by atomic mass is 35.5. The van der Waals surface area contributed by atoms with Gasteiger partial charge in [-0.2, -0.15) is 0 Å². The molecule has 1 aromatic carbocycles. The van der Waals surface area contributed by atoms with Crippen molar-refractivity contribution in [2.24, 2.45) is 10.8 Å². The van der Waals surface area contributed by atoms with Gasteiger partial charge in [-0.05, 0) is 47.8 Å². The fourth-order valence-electron chi connectivity index (χ4n) is 4.66. The highest BCUT2D eigenvalue weighted by Gasteiger charge is 2.50. The molecule has 2 aliphatic rings. The monoisotopic (exact) mass is 322 g/mol. The van der Waals surface area contributed by atoms with E-state index in [9.17, 15) is 4.79 Å². The number of carbonyl (C=O) groups excluding carboxylic acids is 1. The van der Waals surface area contributed by atoms with Crippen LogP contribution in [0.25, 0.3) is 0 Å². The van der Waals surface area contributed by atoms with Crippen molar-refractivity contribution in [3.05, 3.63) is 29.8 Å². The number of hydrogen-bond donors (Lipinski definition) is 1. The molecule has 2 unspecified atom stereocenters. The molecule has 4 heteroatoms. The lowest BCUT2D eigenvalue weighted by Crippen LogP contribution is -2.38. The van der Waals surface area contributed by atoms with E-state index in [0.29, 0.717) is 23.3 Å². The zero-order chi connectivity index (χ0) is 15.3. The number of hydrogen-bond acceptors (Lipinski definition) is 2. The van der Waals surface area contributed by atoms with Crippen LogP contribution >= 0.6 is 12.4 Å². The highest BCUT2D eigenvalue weighted by molar-refractivity contribution is 5.85. The number of nitrogens with two attached hydrogens (primary N) is 1. The van der Waals surface area contributed by atoms with Gasteiger partial charge in [-0.3, -0.25) is 4.79 Å². The summed E-state index contributed by atoms with van der Waals surface area (Å²) >= 11 is 0. The van der Waals surface area contributed by atoms with Gasteiger partial charge in [-0.15, -0.1) is 12.4 Å². The molecule has 2 bridgehead atoms. The van der Waals surface area contributed by atoms with Gasteiger partial charge < -0.3 is 10.6 Å². The van der Waals surface area contributed by atoms with Crippen molar-refractivity contribution < 1.29 is 4.79 Å². The molecule has 1 aliphatic heterocycles. The molecule has 2 atom stereocenters. The lowest BCUT2D eigenvalue weighted by molar-refractivity contribution is -0.131. The largest absolute Gasteiger partial charge is 0.399 e. The molecule has 2 fully saturated rings. The molecular weight excluding hydrogens is 296 g/mol. The minimum absolute atomic E-state index is 0. The van der Waals surface area contributed by atoms with E-state index >= 15 is 0 Å². The molecule has 22 heavy (non-hydrogen) atoms. The smallest absolute Gasteiger partial charge is 0.227 e. The Bertz CT molecular complexity index is 555. The fourth-order valence-corrected chi connectivity index (χ4v) is 4.66. The van der Waals surface area contributed by atoms with E-state index in [0.717, 1.165) is 24.2 Å². The number of fused-ring (bicyclic) bond motifs is 2. The van der Waals surface area contributed by atoms with Gasteiger partial charge in [0.15, 0.2) is 0 Å². The SMILES string of the molecule is CC1(C)CC2CC(C)(CN2C(=O)Cc2ccc(N)cc2)C1.Cl. The van der Waals surface area contributed by atoms with Gasteiger partial charge >= 0.3 is 0 Å². The van der Waals surface area contributed by atoms with Gasteiger partial charge in [-0.25, -0.2) is 0 Å². The van der Waals surface area contributed by atoms with Crippen LogP contribution in [0, 0.1) is 10.8 Å². The summed E-state index contributed by atoms with van der Waals surface area (Å²) in [4.78, 5) is 14.8. The topological polar surface area (TPSA) is 46.3 Å². The van der Waals surface area contributed by atoms with Crippen molar-refractivity contribution in [3.8, 4) is 0 Å². The first kappa shape index (κ1) is 17.1. The first-order valence-electron chi connectivity index (χ1n) is 7.90. The molecule has 2 N–H and O–H groups in total. The molecule has 0 aromatic heterocycles. The molecule has 1 saturated heterocycles. The lowest BCUT2D eigenvalue weighted by atomic mass is 9.65. The second-order valence-electron chi connectivity index (χ2n) is 8.15. The molecule has 0 radical (unpaired) electrons. The van der Waals surface area contributed by atoms with E-state index in [1.54, 1.807) is 0 Å². The van der Waals surface area contributed by atoms with Crippen molar-refractivity contribution in [1.29, 1.82) is 0 Å². The average molecular weight is 323 g/mol. The second kappa shape index (κ2) is 5.77. The van der Waals surface area contributed by atoms with Gasteiger partial charge in [0.2, 0.25) is 5.91 Å². The quantitative estimate of drug-likeness (QED) is 0.845. The maximum Gasteiger partial charge on any atom is 0.227 e. The highest BCUT2D eigenvalue weighted by Crippen LogP contribution is 2.52. The maximum atomic E-state index is 12.7. The summed E-state index contributed by atoms with van der Waals surface area (Å²) in [5.74, 6) is 0.270. The number of nitrogen functional groups attached to an aromatic ring is 1. The predicted octanol–water partition coefficient (Wildman–Crippen LogP) is 3.66. The Labute approximate surface area is 139 Å². The summed E-state index contributed by atoms with van der Waals surface area (Å²) in [5.41, 5.74) is 8.17. The van der Waals surface area contributed by atoms with Gasteiger partial charge in [0, 0.05) is 18.3 Å². The van der Waals surface area contributed by atoms with E-state index in [4.69, 9.17) is 5.73 Å². The van der Waals surface area contributed by atoms with Gasteiger partial charge in [0.05, 0.1) is 6.42 Å². The number of carbonyl (C=O) groups is 1. The van der Waals surface area contributed by atoms with Gasteiger partial charge in [0.1, 0.15) is 0 Å². The summed E-state index contributed by atoms with van der Waals surface area (Å²) < 4.78 is 0. The van der Waals surface area contributed by atoms with Crippen LogP contribution in [0.15, 0.2) is 24.3 Å². The Morgan fingerprint density at radius 2 is 1.86 bits per heavy atom. The zero-order valence-electron chi connectivity index (χ0n) is 13.8. The first-order chi connectivity index (χ1) is 9.76. The van der Waals surface area contributed by atoms with Crippen molar-refractivity contribution in [1.82, 2.24) is 4.90 Å². The van der Waals surface area contributed by atoms with Gasteiger partial charge in [0.25, 0.3) is 0 Å². The minimum Gasteiger partial charge on any atom is -0.399 e. The minimum atomic E-state index is 0. The molecule has 3 nitrogen and oxygen atoms in total. The lowest BCUT2D eigenvalue weighted by Gasteiger charge is -2.39. The number of rotatable bonds is 2. The van der Waals surface area contributed by atoms with Crippen LogP contribution in [0.4, 0.5) is 5.69 Å². The number of likely N-dealkylation sites (tertiary alicyclic amines) is 1. The summed E-state index contributed by atoms with van der Waals surface area (Å²) in [5, 5.41) is 0. The maximum absolute atomic E-state index is 12.7. The fraction of sp³-hybridized carbons (Fsp3) is 0.611. The molecule has 1 aromatic rings.